The molecule has 1 unspecified atom stereocenters. The third-order valence-electron chi connectivity index (χ3n) is 4.41. The van der Waals surface area contributed by atoms with Crippen LogP contribution in [0.15, 0.2) is 28.8 Å². The zero-order valence-corrected chi connectivity index (χ0v) is 15.2. The molecular weight excluding hydrogens is 334 g/mol. The standard InChI is InChI=1S/C19H25N3O4/c1-3-24-18-10-14(6-7-17(18)25-12-19(20)23)11-22-8-4-5-16(22)15-9-13(2)26-21-15/h6-7,9-10,16H,3-5,8,11-12H2,1-2H3,(H2,20,23). The first-order valence-corrected chi connectivity index (χ1v) is 8.91. The van der Waals surface area contributed by atoms with Crippen LogP contribution in [-0.2, 0) is 11.3 Å². The van der Waals surface area contributed by atoms with E-state index in [-0.39, 0.29) is 12.6 Å². The highest BCUT2D eigenvalue weighted by molar-refractivity contribution is 5.75. The second-order valence-electron chi connectivity index (χ2n) is 6.46. The maximum Gasteiger partial charge on any atom is 0.255 e. The summed E-state index contributed by atoms with van der Waals surface area (Å²) >= 11 is 0. The molecule has 1 aliphatic heterocycles. The monoisotopic (exact) mass is 359 g/mol. The van der Waals surface area contributed by atoms with Gasteiger partial charge < -0.3 is 19.7 Å². The number of hydrogen-bond donors (Lipinski definition) is 1. The van der Waals surface area contributed by atoms with Crippen molar-refractivity contribution in [1.82, 2.24) is 10.1 Å². The summed E-state index contributed by atoms with van der Waals surface area (Å²) < 4.78 is 16.3. The highest BCUT2D eigenvalue weighted by atomic mass is 16.5. The first kappa shape index (κ1) is 18.3. The topological polar surface area (TPSA) is 90.8 Å². The molecule has 0 spiro atoms. The number of aryl methyl sites for hydroxylation is 1. The van der Waals surface area contributed by atoms with E-state index in [9.17, 15) is 4.79 Å². The first-order valence-electron chi connectivity index (χ1n) is 8.91. The van der Waals surface area contributed by atoms with Gasteiger partial charge in [-0.15, -0.1) is 0 Å². The second kappa shape index (κ2) is 8.23. The number of rotatable bonds is 8. The van der Waals surface area contributed by atoms with Gasteiger partial charge in [0.2, 0.25) is 0 Å². The predicted molar refractivity (Wildman–Crippen MR) is 95.9 cm³/mol. The van der Waals surface area contributed by atoms with E-state index in [0.29, 0.717) is 18.1 Å². The van der Waals surface area contributed by atoms with Gasteiger partial charge in [0.15, 0.2) is 18.1 Å². The molecule has 1 aromatic heterocycles. The normalized spacial score (nSPS) is 17.4. The molecule has 1 aromatic carbocycles. The molecule has 7 heteroatoms. The van der Waals surface area contributed by atoms with Crippen LogP contribution in [0.3, 0.4) is 0 Å². The van der Waals surface area contributed by atoms with Gasteiger partial charge >= 0.3 is 0 Å². The molecule has 3 rings (SSSR count). The Morgan fingerprint density at radius 2 is 2.19 bits per heavy atom. The van der Waals surface area contributed by atoms with Crippen molar-refractivity contribution in [1.29, 1.82) is 0 Å². The molecule has 2 N–H and O–H groups in total. The maximum atomic E-state index is 10.9. The largest absolute Gasteiger partial charge is 0.490 e. The van der Waals surface area contributed by atoms with Gasteiger partial charge in [-0.1, -0.05) is 11.2 Å². The van der Waals surface area contributed by atoms with Crippen LogP contribution >= 0.6 is 0 Å². The molecule has 0 radical (unpaired) electrons. The fourth-order valence-corrected chi connectivity index (χ4v) is 3.31. The SMILES string of the molecule is CCOc1cc(CN2CCCC2c2cc(C)on2)ccc1OCC(N)=O. The summed E-state index contributed by atoms with van der Waals surface area (Å²) in [7, 11) is 0. The van der Waals surface area contributed by atoms with Crippen molar-refractivity contribution in [3.05, 3.63) is 41.3 Å². The number of benzene rings is 1. The minimum Gasteiger partial charge on any atom is -0.490 e. The molecule has 0 bridgehead atoms. The van der Waals surface area contributed by atoms with E-state index in [0.717, 1.165) is 42.9 Å². The third kappa shape index (κ3) is 4.35. The van der Waals surface area contributed by atoms with E-state index in [4.69, 9.17) is 19.7 Å². The van der Waals surface area contributed by atoms with E-state index in [2.05, 4.69) is 10.1 Å². The van der Waals surface area contributed by atoms with Crippen LogP contribution in [0.2, 0.25) is 0 Å². The van der Waals surface area contributed by atoms with Crippen LogP contribution in [0, 0.1) is 6.92 Å². The van der Waals surface area contributed by atoms with Gasteiger partial charge in [0.05, 0.1) is 12.6 Å². The van der Waals surface area contributed by atoms with Crippen molar-refractivity contribution in [2.24, 2.45) is 5.73 Å². The summed E-state index contributed by atoms with van der Waals surface area (Å²) in [6.45, 7) is 5.97. The fourth-order valence-electron chi connectivity index (χ4n) is 3.31. The van der Waals surface area contributed by atoms with Gasteiger partial charge in [0.1, 0.15) is 11.5 Å². The molecule has 2 heterocycles. The molecule has 1 saturated heterocycles. The van der Waals surface area contributed by atoms with E-state index in [1.54, 1.807) is 0 Å². The van der Waals surface area contributed by atoms with Crippen molar-refractivity contribution in [2.75, 3.05) is 19.8 Å². The summed E-state index contributed by atoms with van der Waals surface area (Å²) in [5, 5.41) is 4.19. The summed E-state index contributed by atoms with van der Waals surface area (Å²) in [5.74, 6) is 1.47. The number of carbonyl (C=O) groups is 1. The average molecular weight is 359 g/mol. The van der Waals surface area contributed by atoms with E-state index in [1.165, 1.54) is 0 Å². The van der Waals surface area contributed by atoms with Gasteiger partial charge in [-0.3, -0.25) is 9.69 Å². The van der Waals surface area contributed by atoms with Crippen molar-refractivity contribution in [3.8, 4) is 11.5 Å². The smallest absolute Gasteiger partial charge is 0.255 e. The summed E-state index contributed by atoms with van der Waals surface area (Å²) in [6, 6.07) is 8.06. The lowest BCUT2D eigenvalue weighted by Gasteiger charge is -2.23. The molecule has 1 fully saturated rings. The van der Waals surface area contributed by atoms with Crippen molar-refractivity contribution in [3.63, 3.8) is 0 Å². The number of carbonyl (C=O) groups excluding carboxylic acids is 1. The molecule has 140 valence electrons. The Hall–Kier alpha value is -2.54. The minimum absolute atomic E-state index is 0.168. The number of likely N-dealkylation sites (tertiary alicyclic amines) is 1. The molecule has 7 nitrogen and oxygen atoms in total. The molecule has 0 saturated carbocycles. The Bertz CT molecular complexity index is 759. The second-order valence-corrected chi connectivity index (χ2v) is 6.46. The van der Waals surface area contributed by atoms with Crippen LogP contribution in [0.5, 0.6) is 11.5 Å². The Morgan fingerprint density at radius 3 is 2.88 bits per heavy atom. The lowest BCUT2D eigenvalue weighted by molar-refractivity contribution is -0.119. The molecule has 1 atom stereocenters. The highest BCUT2D eigenvalue weighted by Crippen LogP contribution is 2.34. The average Bonchev–Trinajstić information content (AvgIpc) is 3.23. The van der Waals surface area contributed by atoms with Gasteiger partial charge in [0.25, 0.3) is 5.91 Å². The van der Waals surface area contributed by atoms with E-state index < -0.39 is 5.91 Å². The van der Waals surface area contributed by atoms with Gasteiger partial charge in [-0.2, -0.15) is 0 Å². The summed E-state index contributed by atoms with van der Waals surface area (Å²) in [4.78, 5) is 13.3. The quantitative estimate of drug-likeness (QED) is 0.779. The molecule has 26 heavy (non-hydrogen) atoms. The lowest BCUT2D eigenvalue weighted by Crippen LogP contribution is -2.23. The number of nitrogens with zero attached hydrogens (tertiary/aromatic N) is 2. The number of nitrogens with two attached hydrogens (primary N) is 1. The van der Waals surface area contributed by atoms with Gasteiger partial charge in [-0.25, -0.2) is 0 Å². The Kier molecular flexibility index (Phi) is 5.78. The molecular formula is C19H25N3O4. The minimum atomic E-state index is -0.515. The van der Waals surface area contributed by atoms with Crippen LogP contribution in [0.4, 0.5) is 0 Å². The van der Waals surface area contributed by atoms with Crippen LogP contribution in [-0.4, -0.2) is 35.7 Å². The van der Waals surface area contributed by atoms with Gasteiger partial charge in [-0.05, 0) is 50.9 Å². The lowest BCUT2D eigenvalue weighted by atomic mass is 10.1. The summed E-state index contributed by atoms with van der Waals surface area (Å²) in [6.07, 6.45) is 2.21. The summed E-state index contributed by atoms with van der Waals surface area (Å²) in [5.41, 5.74) is 7.26. The van der Waals surface area contributed by atoms with Crippen molar-refractivity contribution < 1.29 is 18.8 Å². The van der Waals surface area contributed by atoms with Crippen molar-refractivity contribution >= 4 is 5.91 Å². The third-order valence-corrected chi connectivity index (χ3v) is 4.41. The predicted octanol–water partition coefficient (Wildman–Crippen LogP) is 2.58. The Balaban J connectivity index is 1.74. The highest BCUT2D eigenvalue weighted by Gasteiger charge is 2.28. The molecule has 1 amide bonds. The number of primary amides is 1. The van der Waals surface area contributed by atoms with E-state index in [1.807, 2.05) is 38.1 Å². The Labute approximate surface area is 153 Å². The maximum absolute atomic E-state index is 10.9. The number of aromatic nitrogens is 1. The van der Waals surface area contributed by atoms with Crippen LogP contribution in [0.1, 0.15) is 42.8 Å². The molecule has 0 aliphatic carbocycles. The molecule has 2 aromatic rings. The number of amides is 1. The first-order chi connectivity index (χ1) is 12.6. The van der Waals surface area contributed by atoms with E-state index >= 15 is 0 Å². The number of ether oxygens (including phenoxy) is 2. The van der Waals surface area contributed by atoms with Crippen molar-refractivity contribution in [2.45, 2.75) is 39.3 Å². The molecule has 1 aliphatic rings. The van der Waals surface area contributed by atoms with Crippen LogP contribution < -0.4 is 15.2 Å². The van der Waals surface area contributed by atoms with Crippen LogP contribution in [0.25, 0.3) is 0 Å². The zero-order chi connectivity index (χ0) is 18.5. The Morgan fingerprint density at radius 1 is 1.35 bits per heavy atom. The zero-order valence-electron chi connectivity index (χ0n) is 15.2. The fraction of sp³-hybridized carbons (Fsp3) is 0.474. The number of hydrogen-bond acceptors (Lipinski definition) is 6. The van der Waals surface area contributed by atoms with Gasteiger partial charge in [0, 0.05) is 12.6 Å².